The van der Waals surface area contributed by atoms with Crippen LogP contribution in [0.2, 0.25) is 0 Å². The van der Waals surface area contributed by atoms with Crippen molar-refractivity contribution in [3.8, 4) is 17.6 Å². The summed E-state index contributed by atoms with van der Waals surface area (Å²) in [5, 5.41) is 9.22. The highest BCUT2D eigenvalue weighted by atomic mass is 127. The molecule has 11 heteroatoms. The topological polar surface area (TPSA) is 118 Å². The fourth-order valence-electron chi connectivity index (χ4n) is 5.04. The Balaban J connectivity index is 1.16. The number of ether oxygens (including phenoxy) is 3. The van der Waals surface area contributed by atoms with E-state index < -0.39 is 16.1 Å². The van der Waals surface area contributed by atoms with E-state index in [1.165, 1.54) is 0 Å². The lowest BCUT2D eigenvalue weighted by molar-refractivity contribution is 0.0638. The van der Waals surface area contributed by atoms with Crippen molar-refractivity contribution >= 4 is 38.7 Å². The molecule has 0 unspecified atom stereocenters. The standard InChI is InChI=1S/C35H34IN3O6S/c36-29-11-15-34(16-12-29)46(41,42)38-30(25-43-33-8-4-7-28(22-33)23-37)21-26-9-13-31(14-10-26)45-32-17-19-39(20-18-32)35(40)44-24-27-5-2-1-3-6-27/h1-16,22,30,32,38H,17-21,24-25H2/t30-/m1/s1. The summed E-state index contributed by atoms with van der Waals surface area (Å²) in [7, 11) is -3.82. The first kappa shape index (κ1) is 33.2. The van der Waals surface area contributed by atoms with Gasteiger partial charge in [-0.3, -0.25) is 0 Å². The highest BCUT2D eigenvalue weighted by Crippen LogP contribution is 2.22. The number of rotatable bonds is 12. The molecule has 1 heterocycles. The zero-order chi connectivity index (χ0) is 32.4. The number of sulfonamides is 1. The molecule has 4 aromatic rings. The number of carbonyl (C=O) groups excluding carboxylic acids is 1. The van der Waals surface area contributed by atoms with Gasteiger partial charge < -0.3 is 19.1 Å². The molecule has 1 aliphatic heterocycles. The number of likely N-dealkylation sites (tertiary alicyclic amines) is 1. The molecule has 238 valence electrons. The van der Waals surface area contributed by atoms with Crippen LogP contribution in [0.1, 0.15) is 29.5 Å². The molecule has 46 heavy (non-hydrogen) atoms. The van der Waals surface area contributed by atoms with Crippen molar-refractivity contribution in [2.24, 2.45) is 0 Å². The van der Waals surface area contributed by atoms with Crippen LogP contribution in [0.3, 0.4) is 0 Å². The van der Waals surface area contributed by atoms with Crippen LogP contribution in [0.25, 0.3) is 0 Å². The minimum absolute atomic E-state index is 0.0323. The van der Waals surface area contributed by atoms with Gasteiger partial charge in [0.05, 0.1) is 22.6 Å². The van der Waals surface area contributed by atoms with Gasteiger partial charge in [-0.05, 0) is 94.7 Å². The predicted molar refractivity (Wildman–Crippen MR) is 182 cm³/mol. The predicted octanol–water partition coefficient (Wildman–Crippen LogP) is 6.31. The van der Waals surface area contributed by atoms with E-state index in [-0.39, 0.29) is 30.3 Å². The lowest BCUT2D eigenvalue weighted by Gasteiger charge is -2.31. The summed E-state index contributed by atoms with van der Waals surface area (Å²) in [5.41, 5.74) is 2.30. The summed E-state index contributed by atoms with van der Waals surface area (Å²) in [6.45, 7) is 1.41. The maximum atomic E-state index is 13.2. The second-order valence-electron chi connectivity index (χ2n) is 10.9. The van der Waals surface area contributed by atoms with Gasteiger partial charge in [-0.1, -0.05) is 48.5 Å². The normalized spacial score (nSPS) is 14.2. The van der Waals surface area contributed by atoms with Crippen molar-refractivity contribution in [3.05, 3.63) is 123 Å². The molecule has 0 aromatic heterocycles. The number of nitriles is 1. The molecule has 5 rings (SSSR count). The Bertz CT molecular complexity index is 1740. The molecule has 1 fully saturated rings. The van der Waals surface area contributed by atoms with E-state index in [4.69, 9.17) is 14.2 Å². The van der Waals surface area contributed by atoms with E-state index in [1.807, 2.05) is 54.6 Å². The molecule has 1 atom stereocenters. The Hall–Kier alpha value is -4.12. The number of piperidine rings is 1. The number of nitrogens with zero attached hydrogens (tertiary/aromatic N) is 2. The van der Waals surface area contributed by atoms with Gasteiger partial charge in [0.2, 0.25) is 10.0 Å². The molecule has 0 spiro atoms. The van der Waals surface area contributed by atoms with Crippen molar-refractivity contribution < 1.29 is 27.4 Å². The van der Waals surface area contributed by atoms with E-state index in [2.05, 4.69) is 33.4 Å². The van der Waals surface area contributed by atoms with Crippen LogP contribution in [-0.4, -0.2) is 51.3 Å². The van der Waals surface area contributed by atoms with Crippen LogP contribution in [0.15, 0.2) is 108 Å². The van der Waals surface area contributed by atoms with Crippen LogP contribution in [0.5, 0.6) is 11.5 Å². The SMILES string of the molecule is N#Cc1cccc(OC[C@@H](Cc2ccc(OC3CCN(C(=O)OCc4ccccc4)CC3)cc2)NS(=O)(=O)c2ccc(I)cc2)c1. The van der Waals surface area contributed by atoms with Crippen LogP contribution in [0.4, 0.5) is 4.79 Å². The van der Waals surface area contributed by atoms with Gasteiger partial charge in [-0.2, -0.15) is 5.26 Å². The highest BCUT2D eigenvalue weighted by molar-refractivity contribution is 14.1. The first-order valence-electron chi connectivity index (χ1n) is 14.9. The zero-order valence-electron chi connectivity index (χ0n) is 25.0. The summed E-state index contributed by atoms with van der Waals surface area (Å²) in [6.07, 6.45) is 1.39. The number of hydrogen-bond acceptors (Lipinski definition) is 7. The number of carbonyl (C=O) groups is 1. The second kappa shape index (κ2) is 15.9. The van der Waals surface area contributed by atoms with Crippen molar-refractivity contribution in [2.45, 2.75) is 42.9 Å². The van der Waals surface area contributed by atoms with Crippen LogP contribution >= 0.6 is 22.6 Å². The maximum Gasteiger partial charge on any atom is 0.410 e. The highest BCUT2D eigenvalue weighted by Gasteiger charge is 2.25. The number of hydrogen-bond donors (Lipinski definition) is 1. The van der Waals surface area contributed by atoms with Crippen molar-refractivity contribution in [2.75, 3.05) is 19.7 Å². The lowest BCUT2D eigenvalue weighted by atomic mass is 10.1. The summed E-state index contributed by atoms with van der Waals surface area (Å²) in [4.78, 5) is 14.4. The summed E-state index contributed by atoms with van der Waals surface area (Å²) < 4.78 is 47.8. The van der Waals surface area contributed by atoms with Gasteiger partial charge in [-0.15, -0.1) is 0 Å². The molecule has 9 nitrogen and oxygen atoms in total. The molecule has 0 aliphatic carbocycles. The molecular weight excluding hydrogens is 717 g/mol. The maximum absolute atomic E-state index is 13.2. The van der Waals surface area contributed by atoms with Crippen molar-refractivity contribution in [1.29, 1.82) is 5.26 Å². The minimum Gasteiger partial charge on any atom is -0.492 e. The Morgan fingerprint density at radius 1 is 0.913 bits per heavy atom. The largest absolute Gasteiger partial charge is 0.492 e. The first-order chi connectivity index (χ1) is 22.3. The van der Waals surface area contributed by atoms with Crippen LogP contribution in [0, 0.1) is 14.9 Å². The van der Waals surface area contributed by atoms with E-state index in [0.717, 1.165) is 14.7 Å². The Labute approximate surface area is 283 Å². The molecule has 1 saturated heterocycles. The van der Waals surface area contributed by atoms with Gasteiger partial charge in [0.25, 0.3) is 0 Å². The van der Waals surface area contributed by atoms with Crippen LogP contribution in [-0.2, 0) is 27.8 Å². The molecule has 0 bridgehead atoms. The smallest absolute Gasteiger partial charge is 0.410 e. The van der Waals surface area contributed by atoms with E-state index in [9.17, 15) is 18.5 Å². The molecule has 1 N–H and O–H groups in total. The fourth-order valence-corrected chi connectivity index (χ4v) is 6.62. The van der Waals surface area contributed by atoms with Gasteiger partial charge >= 0.3 is 6.09 Å². The molecule has 0 saturated carbocycles. The first-order valence-corrected chi connectivity index (χ1v) is 17.5. The van der Waals surface area contributed by atoms with Gasteiger partial charge in [0, 0.05) is 29.5 Å². The molecule has 4 aromatic carbocycles. The van der Waals surface area contributed by atoms with E-state index >= 15 is 0 Å². The summed E-state index contributed by atoms with van der Waals surface area (Å²) in [6, 6.07) is 32.0. The minimum atomic E-state index is -3.82. The molecule has 1 amide bonds. The fraction of sp³-hybridized carbons (Fsp3) is 0.257. The average Bonchev–Trinajstić information content (AvgIpc) is 3.08. The third-order valence-corrected chi connectivity index (χ3v) is 9.73. The van der Waals surface area contributed by atoms with Gasteiger partial charge in [-0.25, -0.2) is 17.9 Å². The Morgan fingerprint density at radius 2 is 1.63 bits per heavy atom. The zero-order valence-corrected chi connectivity index (χ0v) is 28.0. The van der Waals surface area contributed by atoms with Crippen molar-refractivity contribution in [1.82, 2.24) is 9.62 Å². The second-order valence-corrected chi connectivity index (χ2v) is 13.9. The van der Waals surface area contributed by atoms with E-state index in [1.54, 1.807) is 53.4 Å². The Morgan fingerprint density at radius 3 is 2.33 bits per heavy atom. The van der Waals surface area contributed by atoms with Gasteiger partial charge in [0.15, 0.2) is 0 Å². The summed E-state index contributed by atoms with van der Waals surface area (Å²) >= 11 is 2.13. The molecule has 0 radical (unpaired) electrons. The number of halogens is 1. The third kappa shape index (κ3) is 9.69. The molecular formula is C35H34IN3O6S. The molecule has 1 aliphatic rings. The average molecular weight is 752 g/mol. The van der Waals surface area contributed by atoms with E-state index in [0.29, 0.717) is 49.4 Å². The monoisotopic (exact) mass is 751 g/mol. The number of amides is 1. The lowest BCUT2D eigenvalue weighted by Crippen LogP contribution is -2.42. The summed E-state index contributed by atoms with van der Waals surface area (Å²) in [5.74, 6) is 1.19. The van der Waals surface area contributed by atoms with Crippen LogP contribution < -0.4 is 14.2 Å². The van der Waals surface area contributed by atoms with Crippen molar-refractivity contribution in [3.63, 3.8) is 0 Å². The number of nitrogens with one attached hydrogen (secondary N) is 1. The number of benzene rings is 4. The third-order valence-electron chi connectivity index (χ3n) is 7.47. The Kier molecular flexibility index (Phi) is 11.5. The quantitative estimate of drug-likeness (QED) is 0.169. The van der Waals surface area contributed by atoms with Gasteiger partial charge in [0.1, 0.15) is 30.8 Å².